The summed E-state index contributed by atoms with van der Waals surface area (Å²) >= 11 is 0. The standard InChI is InChI=1S/C15H15N3O2.ClH/c1-11-8-9-13(10-16-11)12(2)17-18(15(19)20)14-6-4-3-5-7-14;/h3-10H,1-2H3,(H,19,20);1H/b17-12+;. The second-order valence-electron chi connectivity index (χ2n) is 4.30. The van der Waals surface area contributed by atoms with Gasteiger partial charge in [-0.1, -0.05) is 18.2 Å². The summed E-state index contributed by atoms with van der Waals surface area (Å²) in [5, 5.41) is 14.4. The Labute approximate surface area is 129 Å². The number of pyridine rings is 1. The van der Waals surface area contributed by atoms with Crippen LogP contribution in [0, 0.1) is 6.92 Å². The SMILES string of the molecule is C/C(=N\N(C(=O)O)c1ccccc1)c1ccc(C)nc1.Cl. The van der Waals surface area contributed by atoms with Crippen LogP contribution in [0.2, 0.25) is 0 Å². The van der Waals surface area contributed by atoms with Crippen LogP contribution in [0.1, 0.15) is 18.2 Å². The summed E-state index contributed by atoms with van der Waals surface area (Å²) in [6.07, 6.45) is 0.551. The van der Waals surface area contributed by atoms with Gasteiger partial charge in [0.05, 0.1) is 11.4 Å². The van der Waals surface area contributed by atoms with E-state index in [9.17, 15) is 9.90 Å². The summed E-state index contributed by atoms with van der Waals surface area (Å²) in [6, 6.07) is 12.5. The number of rotatable bonds is 3. The minimum Gasteiger partial charge on any atom is -0.463 e. The molecule has 2 aromatic rings. The van der Waals surface area contributed by atoms with Crippen molar-refractivity contribution in [2.45, 2.75) is 13.8 Å². The zero-order chi connectivity index (χ0) is 14.5. The molecule has 0 aliphatic rings. The molecule has 1 amide bonds. The summed E-state index contributed by atoms with van der Waals surface area (Å²) in [6.45, 7) is 3.65. The second-order valence-corrected chi connectivity index (χ2v) is 4.30. The van der Waals surface area contributed by atoms with Crippen molar-refractivity contribution in [3.63, 3.8) is 0 Å². The van der Waals surface area contributed by atoms with Gasteiger partial charge in [0.25, 0.3) is 0 Å². The molecule has 2 rings (SSSR count). The molecule has 1 aromatic carbocycles. The largest absolute Gasteiger partial charge is 0.463 e. The van der Waals surface area contributed by atoms with Crippen molar-refractivity contribution in [3.05, 3.63) is 59.9 Å². The predicted molar refractivity (Wildman–Crippen MR) is 85.4 cm³/mol. The monoisotopic (exact) mass is 305 g/mol. The number of nitrogens with zero attached hydrogens (tertiary/aromatic N) is 3. The number of amides is 1. The van der Waals surface area contributed by atoms with Crippen LogP contribution >= 0.6 is 12.4 Å². The molecule has 5 nitrogen and oxygen atoms in total. The number of benzene rings is 1. The molecule has 0 bridgehead atoms. The number of halogens is 1. The summed E-state index contributed by atoms with van der Waals surface area (Å²) < 4.78 is 0. The first kappa shape index (κ1) is 16.7. The van der Waals surface area contributed by atoms with E-state index in [0.29, 0.717) is 11.4 Å². The zero-order valence-electron chi connectivity index (χ0n) is 11.7. The highest BCUT2D eigenvalue weighted by Crippen LogP contribution is 2.15. The topological polar surface area (TPSA) is 65.8 Å². The molecule has 0 atom stereocenters. The Morgan fingerprint density at radius 1 is 1.19 bits per heavy atom. The number of para-hydroxylation sites is 1. The highest BCUT2D eigenvalue weighted by molar-refractivity contribution is 6.01. The van der Waals surface area contributed by atoms with Crippen molar-refractivity contribution in [1.82, 2.24) is 4.98 Å². The predicted octanol–water partition coefficient (Wildman–Crippen LogP) is 3.72. The number of carbonyl (C=O) groups is 1. The molecule has 0 saturated heterocycles. The van der Waals surface area contributed by atoms with E-state index in [1.807, 2.05) is 25.1 Å². The number of carboxylic acid groups (broad SMARTS) is 1. The lowest BCUT2D eigenvalue weighted by atomic mass is 10.2. The van der Waals surface area contributed by atoms with Crippen molar-refractivity contribution in [1.29, 1.82) is 0 Å². The van der Waals surface area contributed by atoms with Crippen molar-refractivity contribution < 1.29 is 9.90 Å². The average Bonchev–Trinajstić information content (AvgIpc) is 2.46. The molecule has 6 heteroatoms. The fraction of sp³-hybridized carbons (Fsp3) is 0.133. The fourth-order valence-electron chi connectivity index (χ4n) is 1.67. The highest BCUT2D eigenvalue weighted by Gasteiger charge is 2.13. The van der Waals surface area contributed by atoms with Crippen molar-refractivity contribution in [2.75, 3.05) is 5.01 Å². The van der Waals surface area contributed by atoms with Crippen molar-refractivity contribution in [2.24, 2.45) is 5.10 Å². The van der Waals surface area contributed by atoms with Gasteiger partial charge in [-0.3, -0.25) is 4.98 Å². The maximum Gasteiger partial charge on any atom is 0.432 e. The van der Waals surface area contributed by atoms with Crippen LogP contribution in [0.25, 0.3) is 0 Å². The van der Waals surface area contributed by atoms with Gasteiger partial charge in [-0.2, -0.15) is 10.1 Å². The number of hydrogen-bond acceptors (Lipinski definition) is 3. The summed E-state index contributed by atoms with van der Waals surface area (Å²) in [5.74, 6) is 0. The Morgan fingerprint density at radius 3 is 2.38 bits per heavy atom. The summed E-state index contributed by atoms with van der Waals surface area (Å²) in [7, 11) is 0. The van der Waals surface area contributed by atoms with E-state index in [0.717, 1.165) is 16.3 Å². The van der Waals surface area contributed by atoms with E-state index < -0.39 is 6.09 Å². The molecule has 1 heterocycles. The van der Waals surface area contributed by atoms with Gasteiger partial charge in [-0.05, 0) is 38.1 Å². The smallest absolute Gasteiger partial charge is 0.432 e. The Hall–Kier alpha value is -2.40. The molecule has 110 valence electrons. The Balaban J connectivity index is 0.00000220. The van der Waals surface area contributed by atoms with E-state index in [1.54, 1.807) is 37.4 Å². The first-order valence-corrected chi connectivity index (χ1v) is 6.14. The molecule has 0 aliphatic carbocycles. The third-order valence-electron chi connectivity index (χ3n) is 2.76. The van der Waals surface area contributed by atoms with Crippen molar-refractivity contribution >= 4 is 29.9 Å². The second kappa shape index (κ2) is 7.40. The van der Waals surface area contributed by atoms with Gasteiger partial charge >= 0.3 is 6.09 Å². The van der Waals surface area contributed by atoms with Gasteiger partial charge < -0.3 is 5.11 Å². The average molecular weight is 306 g/mol. The summed E-state index contributed by atoms with van der Waals surface area (Å²) in [5.41, 5.74) is 2.78. The molecule has 1 N–H and O–H groups in total. The van der Waals surface area contributed by atoms with Crippen LogP contribution in [-0.2, 0) is 0 Å². The zero-order valence-corrected chi connectivity index (χ0v) is 12.5. The first-order valence-electron chi connectivity index (χ1n) is 6.14. The first-order chi connectivity index (χ1) is 9.58. The van der Waals surface area contributed by atoms with Gasteiger partial charge in [-0.15, -0.1) is 12.4 Å². The van der Waals surface area contributed by atoms with Crippen LogP contribution < -0.4 is 5.01 Å². The molecule has 0 spiro atoms. The Kier molecular flexibility index (Phi) is 5.87. The van der Waals surface area contributed by atoms with E-state index in [1.165, 1.54) is 0 Å². The number of hydrazone groups is 1. The van der Waals surface area contributed by atoms with Gasteiger partial charge in [-0.25, -0.2) is 4.79 Å². The van der Waals surface area contributed by atoms with Gasteiger partial charge in [0, 0.05) is 17.5 Å². The minimum absolute atomic E-state index is 0. The normalized spacial score (nSPS) is 10.7. The highest BCUT2D eigenvalue weighted by atomic mass is 35.5. The third-order valence-corrected chi connectivity index (χ3v) is 2.76. The molecule has 21 heavy (non-hydrogen) atoms. The molecule has 0 radical (unpaired) electrons. The number of anilines is 1. The maximum atomic E-state index is 11.3. The molecule has 1 aromatic heterocycles. The number of aryl methyl sites for hydroxylation is 1. The lowest BCUT2D eigenvalue weighted by Gasteiger charge is -2.14. The molecular formula is C15H16ClN3O2. The number of aromatic nitrogens is 1. The fourth-order valence-corrected chi connectivity index (χ4v) is 1.67. The quantitative estimate of drug-likeness (QED) is 0.694. The maximum absolute atomic E-state index is 11.3. The molecule has 0 unspecified atom stereocenters. The van der Waals surface area contributed by atoms with Crippen LogP contribution in [0.4, 0.5) is 10.5 Å². The van der Waals surface area contributed by atoms with E-state index in [2.05, 4.69) is 10.1 Å². The third kappa shape index (κ3) is 4.29. The van der Waals surface area contributed by atoms with Crippen LogP contribution in [0.3, 0.4) is 0 Å². The lowest BCUT2D eigenvalue weighted by Crippen LogP contribution is -2.24. The van der Waals surface area contributed by atoms with E-state index in [4.69, 9.17) is 0 Å². The van der Waals surface area contributed by atoms with E-state index in [-0.39, 0.29) is 12.4 Å². The van der Waals surface area contributed by atoms with Crippen molar-refractivity contribution in [3.8, 4) is 0 Å². The molecule has 0 aliphatic heterocycles. The van der Waals surface area contributed by atoms with Crippen LogP contribution in [0.15, 0.2) is 53.8 Å². The molecule has 0 saturated carbocycles. The van der Waals surface area contributed by atoms with Crippen LogP contribution in [-0.4, -0.2) is 21.9 Å². The molecular weight excluding hydrogens is 290 g/mol. The Morgan fingerprint density at radius 2 is 1.86 bits per heavy atom. The Bertz CT molecular complexity index is 627. The van der Waals surface area contributed by atoms with Gasteiger partial charge in [0.15, 0.2) is 0 Å². The summed E-state index contributed by atoms with van der Waals surface area (Å²) in [4.78, 5) is 15.5. The van der Waals surface area contributed by atoms with Crippen LogP contribution in [0.5, 0.6) is 0 Å². The van der Waals surface area contributed by atoms with E-state index >= 15 is 0 Å². The van der Waals surface area contributed by atoms with Gasteiger partial charge in [0.2, 0.25) is 0 Å². The number of hydrogen-bond donors (Lipinski definition) is 1. The minimum atomic E-state index is -1.13. The van der Waals surface area contributed by atoms with Gasteiger partial charge in [0.1, 0.15) is 0 Å². The molecule has 0 fully saturated rings. The lowest BCUT2D eigenvalue weighted by molar-refractivity contribution is 0.202.